The van der Waals surface area contributed by atoms with Crippen molar-refractivity contribution in [2.45, 2.75) is 32.1 Å². The Balaban J connectivity index is 1.68. The molecule has 3 N–H and O–H groups in total. The second-order valence-electron chi connectivity index (χ2n) is 6.20. The molecule has 9 nitrogen and oxygen atoms in total. The number of ketones is 2. The summed E-state index contributed by atoms with van der Waals surface area (Å²) in [4.78, 5) is 38.6. The van der Waals surface area contributed by atoms with Crippen LogP contribution in [0.3, 0.4) is 0 Å². The van der Waals surface area contributed by atoms with E-state index >= 15 is 0 Å². The van der Waals surface area contributed by atoms with Crippen LogP contribution in [0.25, 0.3) is 0 Å². The molecule has 2 heterocycles. The van der Waals surface area contributed by atoms with Crippen LogP contribution >= 0.6 is 0 Å². The van der Waals surface area contributed by atoms with E-state index in [4.69, 9.17) is 10.4 Å². The van der Waals surface area contributed by atoms with Crippen LogP contribution in [-0.2, 0) is 17.8 Å². The van der Waals surface area contributed by atoms with E-state index in [1.165, 1.54) is 17.9 Å². The average molecular weight is 356 g/mol. The predicted molar refractivity (Wildman–Crippen MR) is 90.7 cm³/mol. The van der Waals surface area contributed by atoms with E-state index in [0.29, 0.717) is 17.7 Å². The molecule has 134 valence electrons. The molecule has 1 aromatic heterocycles. The van der Waals surface area contributed by atoms with Gasteiger partial charge in [-0.2, -0.15) is 0 Å². The number of aromatic nitrogens is 3. The van der Waals surface area contributed by atoms with Crippen molar-refractivity contribution >= 4 is 24.6 Å². The smallest absolute Gasteiger partial charge is 0.526 e. The Morgan fingerprint density at radius 1 is 1.42 bits per heavy atom. The minimum absolute atomic E-state index is 0.0523. The van der Waals surface area contributed by atoms with Crippen LogP contribution in [0.4, 0.5) is 0 Å². The molecule has 1 amide bonds. The third-order valence-corrected chi connectivity index (χ3v) is 4.18. The van der Waals surface area contributed by atoms with Gasteiger partial charge in [-0.3, -0.25) is 14.4 Å². The lowest BCUT2D eigenvalue weighted by Gasteiger charge is -2.28. The van der Waals surface area contributed by atoms with Crippen LogP contribution < -0.4 is 10.4 Å². The molecule has 0 unspecified atom stereocenters. The first-order valence-electron chi connectivity index (χ1n) is 8.03. The maximum Gasteiger partial charge on any atom is 0.526 e. The lowest BCUT2D eigenvalue weighted by Crippen LogP contribution is -2.36. The van der Waals surface area contributed by atoms with Crippen LogP contribution in [0.2, 0.25) is 5.82 Å². The summed E-state index contributed by atoms with van der Waals surface area (Å²) in [5, 5.41) is 14.0. The number of primary amides is 1. The molecule has 0 saturated carbocycles. The Morgan fingerprint density at radius 2 is 2.19 bits per heavy atom. The van der Waals surface area contributed by atoms with Crippen LogP contribution in [0, 0.1) is 0 Å². The van der Waals surface area contributed by atoms with Crippen molar-refractivity contribution in [2.75, 3.05) is 0 Å². The predicted octanol–water partition coefficient (Wildman–Crippen LogP) is 0.0246. The monoisotopic (exact) mass is 356 g/mol. The fourth-order valence-corrected chi connectivity index (χ4v) is 2.96. The van der Waals surface area contributed by atoms with E-state index in [1.807, 2.05) is 6.07 Å². The maximum absolute atomic E-state index is 12.3. The third-order valence-electron chi connectivity index (χ3n) is 4.18. The highest BCUT2D eigenvalue weighted by molar-refractivity contribution is 6.47. The molecule has 0 fully saturated rings. The number of Topliss-reactive ketones (excluding diaryl/α,β-unsaturated/α-hetero) is 2. The van der Waals surface area contributed by atoms with E-state index in [0.717, 1.165) is 5.56 Å². The van der Waals surface area contributed by atoms with E-state index in [2.05, 4.69) is 10.1 Å². The zero-order valence-electron chi connectivity index (χ0n) is 14.1. The van der Waals surface area contributed by atoms with Gasteiger partial charge in [-0.05, 0) is 25.0 Å². The third kappa shape index (κ3) is 3.64. The molecule has 0 saturated heterocycles. The Bertz CT molecular complexity index is 881. The number of benzene rings is 1. The molecule has 10 heteroatoms. The van der Waals surface area contributed by atoms with Crippen LogP contribution in [0.1, 0.15) is 39.9 Å². The maximum atomic E-state index is 12.3. The number of rotatable bonds is 6. The van der Waals surface area contributed by atoms with Crippen molar-refractivity contribution in [3.63, 3.8) is 0 Å². The van der Waals surface area contributed by atoms with Gasteiger partial charge < -0.3 is 15.4 Å². The van der Waals surface area contributed by atoms with Crippen molar-refractivity contribution in [3.8, 4) is 5.75 Å². The number of amides is 1. The number of hydrogen-bond donors (Lipinski definition) is 2. The summed E-state index contributed by atoms with van der Waals surface area (Å²) in [6.07, 6.45) is 1.71. The lowest BCUT2D eigenvalue weighted by molar-refractivity contribution is -0.120. The summed E-state index contributed by atoms with van der Waals surface area (Å²) in [5.41, 5.74) is 6.25. The van der Waals surface area contributed by atoms with Gasteiger partial charge in [0, 0.05) is 12.2 Å². The average Bonchev–Trinajstić information content (AvgIpc) is 3.03. The van der Waals surface area contributed by atoms with Gasteiger partial charge in [-0.1, -0.05) is 12.1 Å². The number of nitrogens with two attached hydrogens (primary N) is 1. The highest BCUT2D eigenvalue weighted by Crippen LogP contribution is 2.36. The second kappa shape index (κ2) is 7.08. The highest BCUT2D eigenvalue weighted by Gasteiger charge is 2.37. The Hall–Kier alpha value is -3.01. The van der Waals surface area contributed by atoms with Gasteiger partial charge in [-0.15, -0.1) is 5.10 Å². The number of hydrogen-bond acceptors (Lipinski definition) is 7. The molecule has 26 heavy (non-hydrogen) atoms. The fraction of sp³-hybridized carbons (Fsp3) is 0.312. The minimum Gasteiger partial charge on any atom is -0.535 e. The van der Waals surface area contributed by atoms with Gasteiger partial charge in [0.25, 0.3) is 5.91 Å². The fourth-order valence-electron chi connectivity index (χ4n) is 2.96. The quantitative estimate of drug-likeness (QED) is 0.550. The van der Waals surface area contributed by atoms with E-state index < -0.39 is 18.8 Å². The van der Waals surface area contributed by atoms with Gasteiger partial charge >= 0.3 is 7.12 Å². The van der Waals surface area contributed by atoms with Gasteiger partial charge in [-0.25, -0.2) is 9.67 Å². The summed E-state index contributed by atoms with van der Waals surface area (Å²) in [6, 6.07) is 5.19. The molecule has 3 rings (SSSR count). The largest absolute Gasteiger partial charge is 0.535 e. The molecule has 0 bridgehead atoms. The van der Waals surface area contributed by atoms with Crippen LogP contribution in [-0.4, -0.2) is 44.4 Å². The normalized spacial score (nSPS) is 15.9. The SMILES string of the molecule is CC(=O)c1cccc2c1OB(O)[C@@H](CC(=O)Cn1cnc(C(N)=O)n1)C2. The summed E-state index contributed by atoms with van der Waals surface area (Å²) in [5.74, 6) is -1.37. The van der Waals surface area contributed by atoms with Crippen LogP contribution in [0.5, 0.6) is 5.75 Å². The first kappa shape index (κ1) is 17.8. The first-order chi connectivity index (χ1) is 12.3. The molecular formula is C16H17BN4O5. The standard InChI is InChI=1S/C16H17BN4O5/c1-9(22)13-4-2-3-10-5-11(17(25)26-14(10)13)6-12(23)7-21-8-19-16(20-21)15(18)24/h2-4,8,11,25H,5-7H2,1H3,(H2,18,24)/t11-/m1/s1. The van der Waals surface area contributed by atoms with Gasteiger partial charge in [0.1, 0.15) is 18.6 Å². The van der Waals surface area contributed by atoms with Crippen molar-refractivity contribution < 1.29 is 24.1 Å². The van der Waals surface area contributed by atoms with Gasteiger partial charge in [0.15, 0.2) is 11.6 Å². The molecular weight excluding hydrogens is 339 g/mol. The number of fused-ring (bicyclic) bond motifs is 1. The molecule has 1 atom stereocenters. The second-order valence-corrected chi connectivity index (χ2v) is 6.20. The van der Waals surface area contributed by atoms with Crippen molar-refractivity contribution in [1.82, 2.24) is 14.8 Å². The van der Waals surface area contributed by atoms with Gasteiger partial charge in [0.05, 0.1) is 5.56 Å². The zero-order chi connectivity index (χ0) is 18.8. The molecule has 0 spiro atoms. The van der Waals surface area contributed by atoms with Crippen molar-refractivity contribution in [3.05, 3.63) is 41.5 Å². The molecule has 1 aliphatic heterocycles. The molecule has 0 radical (unpaired) electrons. The Kier molecular flexibility index (Phi) is 4.85. The summed E-state index contributed by atoms with van der Waals surface area (Å²) >= 11 is 0. The van der Waals surface area contributed by atoms with E-state index in [-0.39, 0.29) is 30.4 Å². The zero-order valence-corrected chi connectivity index (χ0v) is 14.1. The summed E-state index contributed by atoms with van der Waals surface area (Å²) in [7, 11) is -1.19. The Labute approximate surface area is 149 Å². The van der Waals surface area contributed by atoms with E-state index in [1.54, 1.807) is 12.1 Å². The molecule has 1 aliphatic rings. The Morgan fingerprint density at radius 3 is 2.85 bits per heavy atom. The number of carbonyl (C=O) groups is 3. The van der Waals surface area contributed by atoms with Crippen LogP contribution in [0.15, 0.2) is 24.5 Å². The molecule has 0 aliphatic carbocycles. The van der Waals surface area contributed by atoms with Crippen molar-refractivity contribution in [1.29, 1.82) is 0 Å². The number of para-hydroxylation sites is 1. The van der Waals surface area contributed by atoms with Gasteiger partial charge in [0.2, 0.25) is 5.82 Å². The number of nitrogens with zero attached hydrogens (tertiary/aromatic N) is 3. The van der Waals surface area contributed by atoms with Crippen molar-refractivity contribution in [2.24, 2.45) is 5.73 Å². The number of carbonyl (C=O) groups excluding carboxylic acids is 3. The summed E-state index contributed by atoms with van der Waals surface area (Å²) < 4.78 is 6.73. The minimum atomic E-state index is -1.19. The topological polar surface area (TPSA) is 137 Å². The summed E-state index contributed by atoms with van der Waals surface area (Å²) in [6.45, 7) is 1.34. The molecule has 1 aromatic carbocycles. The highest BCUT2D eigenvalue weighted by atomic mass is 16.5. The van der Waals surface area contributed by atoms with E-state index in [9.17, 15) is 19.4 Å². The lowest BCUT2D eigenvalue weighted by atomic mass is 9.64. The first-order valence-corrected chi connectivity index (χ1v) is 8.03. The molecule has 2 aromatic rings.